The summed E-state index contributed by atoms with van der Waals surface area (Å²) < 4.78 is 31.0. The van der Waals surface area contributed by atoms with Gasteiger partial charge in [0.2, 0.25) is 0 Å². The van der Waals surface area contributed by atoms with Crippen molar-refractivity contribution in [1.82, 2.24) is 5.43 Å². The van der Waals surface area contributed by atoms with Crippen molar-refractivity contribution in [3.63, 3.8) is 0 Å². The number of hydrazine groups is 1. The summed E-state index contributed by atoms with van der Waals surface area (Å²) in [5.41, 5.74) is 5.58. The van der Waals surface area contributed by atoms with E-state index in [0.717, 1.165) is 0 Å². The van der Waals surface area contributed by atoms with Gasteiger partial charge in [0.1, 0.15) is 17.4 Å². The molecule has 2 aromatic carbocycles. The van der Waals surface area contributed by atoms with Crippen LogP contribution in [0.25, 0.3) is 0 Å². The van der Waals surface area contributed by atoms with Gasteiger partial charge in [-0.15, -0.1) is 0 Å². The lowest BCUT2D eigenvalue weighted by molar-refractivity contribution is -0.126. The number of halogens is 2. The molecule has 0 radical (unpaired) electrons. The Bertz CT molecular complexity index is 617. The zero-order valence-corrected chi connectivity index (χ0v) is 11.3. The van der Waals surface area contributed by atoms with E-state index in [0.29, 0.717) is 5.69 Å². The van der Waals surface area contributed by atoms with Gasteiger partial charge < -0.3 is 4.74 Å². The molecule has 4 nitrogen and oxygen atoms in total. The van der Waals surface area contributed by atoms with Crippen LogP contribution in [0.4, 0.5) is 14.5 Å². The lowest BCUT2D eigenvalue weighted by Gasteiger charge is -2.15. The zero-order valence-electron chi connectivity index (χ0n) is 11.3. The van der Waals surface area contributed by atoms with Crippen molar-refractivity contribution in [2.24, 2.45) is 0 Å². The van der Waals surface area contributed by atoms with E-state index in [1.54, 1.807) is 6.07 Å². The summed E-state index contributed by atoms with van der Waals surface area (Å²) in [7, 11) is 0. The maximum absolute atomic E-state index is 13.0. The van der Waals surface area contributed by atoms with Crippen molar-refractivity contribution in [1.29, 1.82) is 0 Å². The predicted octanol–water partition coefficient (Wildman–Crippen LogP) is 2.88. The molecule has 0 bridgehead atoms. The molecule has 0 unspecified atom stereocenters. The average Bonchev–Trinajstić information content (AvgIpc) is 2.46. The molecule has 0 saturated heterocycles. The SMILES string of the molecule is C[C@H](Oc1cccc(F)c1)C(=O)NNc1ccc(F)cc1. The van der Waals surface area contributed by atoms with E-state index in [9.17, 15) is 13.6 Å². The first-order valence-electron chi connectivity index (χ1n) is 6.28. The molecule has 110 valence electrons. The molecular weight excluding hydrogens is 278 g/mol. The summed E-state index contributed by atoms with van der Waals surface area (Å²) in [6.07, 6.45) is -0.820. The minimum atomic E-state index is -0.820. The maximum Gasteiger partial charge on any atom is 0.279 e. The monoisotopic (exact) mass is 292 g/mol. The van der Waals surface area contributed by atoms with Gasteiger partial charge in [-0.1, -0.05) is 6.07 Å². The molecule has 0 aliphatic carbocycles. The molecule has 2 rings (SSSR count). The molecule has 21 heavy (non-hydrogen) atoms. The van der Waals surface area contributed by atoms with Gasteiger partial charge in [-0.25, -0.2) is 8.78 Å². The maximum atomic E-state index is 13.0. The Kier molecular flexibility index (Phi) is 4.71. The largest absolute Gasteiger partial charge is 0.481 e. The Labute approximate surface area is 120 Å². The summed E-state index contributed by atoms with van der Waals surface area (Å²) in [6, 6.07) is 11.0. The van der Waals surface area contributed by atoms with Gasteiger partial charge in [0, 0.05) is 6.07 Å². The van der Waals surface area contributed by atoms with Crippen LogP contribution in [0.2, 0.25) is 0 Å². The van der Waals surface area contributed by atoms with Crippen LogP contribution in [-0.2, 0) is 4.79 Å². The first-order valence-corrected chi connectivity index (χ1v) is 6.28. The second kappa shape index (κ2) is 6.69. The highest BCUT2D eigenvalue weighted by Gasteiger charge is 2.14. The molecule has 0 saturated carbocycles. The fraction of sp³-hybridized carbons (Fsp3) is 0.133. The Balaban J connectivity index is 1.86. The molecule has 1 amide bonds. The number of carbonyl (C=O) groups is 1. The molecule has 0 heterocycles. The van der Waals surface area contributed by atoms with Crippen LogP contribution in [0, 0.1) is 11.6 Å². The standard InChI is InChI=1S/C15H14F2N2O2/c1-10(21-14-4-2-3-12(17)9-14)15(20)19-18-13-7-5-11(16)6-8-13/h2-10,18H,1H3,(H,19,20)/t10-/m0/s1. The van der Waals surface area contributed by atoms with Crippen LogP contribution in [0.1, 0.15) is 6.92 Å². The van der Waals surface area contributed by atoms with E-state index in [1.165, 1.54) is 49.4 Å². The van der Waals surface area contributed by atoms with Gasteiger partial charge in [0.25, 0.3) is 5.91 Å². The number of hydrogen-bond donors (Lipinski definition) is 2. The van der Waals surface area contributed by atoms with Crippen LogP contribution < -0.4 is 15.6 Å². The van der Waals surface area contributed by atoms with Gasteiger partial charge >= 0.3 is 0 Å². The lowest BCUT2D eigenvalue weighted by Crippen LogP contribution is -2.39. The highest BCUT2D eigenvalue weighted by molar-refractivity contribution is 5.81. The Morgan fingerprint density at radius 1 is 1.10 bits per heavy atom. The van der Waals surface area contributed by atoms with Crippen LogP contribution in [0.3, 0.4) is 0 Å². The first-order chi connectivity index (χ1) is 10.0. The number of benzene rings is 2. The van der Waals surface area contributed by atoms with Gasteiger partial charge in [-0.05, 0) is 43.3 Å². The Hall–Kier alpha value is -2.63. The molecule has 2 aromatic rings. The molecule has 0 aliphatic rings. The summed E-state index contributed by atoms with van der Waals surface area (Å²) in [5.74, 6) is -0.984. The van der Waals surface area contributed by atoms with Crippen molar-refractivity contribution in [2.45, 2.75) is 13.0 Å². The van der Waals surface area contributed by atoms with E-state index in [4.69, 9.17) is 4.74 Å². The summed E-state index contributed by atoms with van der Waals surface area (Å²) >= 11 is 0. The summed E-state index contributed by atoms with van der Waals surface area (Å²) in [5, 5.41) is 0. The molecule has 6 heteroatoms. The lowest BCUT2D eigenvalue weighted by atomic mass is 10.3. The second-order valence-electron chi connectivity index (χ2n) is 4.34. The highest BCUT2D eigenvalue weighted by Crippen LogP contribution is 2.14. The van der Waals surface area contributed by atoms with Crippen molar-refractivity contribution >= 4 is 11.6 Å². The van der Waals surface area contributed by atoms with Gasteiger partial charge in [-0.2, -0.15) is 0 Å². The third kappa shape index (κ3) is 4.45. The third-order valence-electron chi connectivity index (χ3n) is 2.65. The molecule has 0 aliphatic heterocycles. The van der Waals surface area contributed by atoms with Gasteiger partial charge in [0.15, 0.2) is 6.10 Å². The van der Waals surface area contributed by atoms with Crippen molar-refractivity contribution in [3.05, 3.63) is 60.2 Å². The van der Waals surface area contributed by atoms with E-state index < -0.39 is 17.8 Å². The van der Waals surface area contributed by atoms with Crippen LogP contribution in [-0.4, -0.2) is 12.0 Å². The zero-order chi connectivity index (χ0) is 15.2. The van der Waals surface area contributed by atoms with Crippen LogP contribution in [0.5, 0.6) is 5.75 Å². The van der Waals surface area contributed by atoms with Crippen LogP contribution >= 0.6 is 0 Å². The van der Waals surface area contributed by atoms with E-state index >= 15 is 0 Å². The molecule has 0 spiro atoms. The molecule has 0 fully saturated rings. The summed E-state index contributed by atoms with van der Waals surface area (Å²) in [4.78, 5) is 11.8. The second-order valence-corrected chi connectivity index (χ2v) is 4.34. The predicted molar refractivity (Wildman–Crippen MR) is 74.7 cm³/mol. The minimum Gasteiger partial charge on any atom is -0.481 e. The van der Waals surface area contributed by atoms with E-state index in [2.05, 4.69) is 10.9 Å². The molecule has 1 atom stereocenters. The number of ether oxygens (including phenoxy) is 1. The highest BCUT2D eigenvalue weighted by atomic mass is 19.1. The van der Waals surface area contributed by atoms with E-state index in [-0.39, 0.29) is 11.6 Å². The smallest absolute Gasteiger partial charge is 0.279 e. The number of nitrogens with one attached hydrogen (secondary N) is 2. The number of anilines is 1. The fourth-order valence-electron chi connectivity index (χ4n) is 1.57. The van der Waals surface area contributed by atoms with Crippen molar-refractivity contribution in [3.8, 4) is 5.75 Å². The van der Waals surface area contributed by atoms with E-state index in [1.807, 2.05) is 0 Å². The third-order valence-corrected chi connectivity index (χ3v) is 2.65. The van der Waals surface area contributed by atoms with Crippen LogP contribution in [0.15, 0.2) is 48.5 Å². The fourth-order valence-corrected chi connectivity index (χ4v) is 1.57. The molecule has 0 aromatic heterocycles. The van der Waals surface area contributed by atoms with Crippen molar-refractivity contribution in [2.75, 3.05) is 5.43 Å². The quantitative estimate of drug-likeness (QED) is 0.833. The number of rotatable bonds is 5. The average molecular weight is 292 g/mol. The number of amides is 1. The summed E-state index contributed by atoms with van der Waals surface area (Å²) in [6.45, 7) is 1.53. The Morgan fingerprint density at radius 2 is 1.81 bits per heavy atom. The van der Waals surface area contributed by atoms with Gasteiger partial charge in [-0.3, -0.25) is 15.6 Å². The first kappa shape index (κ1) is 14.8. The van der Waals surface area contributed by atoms with Crippen molar-refractivity contribution < 1.29 is 18.3 Å². The molecule has 2 N–H and O–H groups in total. The number of hydrogen-bond acceptors (Lipinski definition) is 3. The Morgan fingerprint density at radius 3 is 2.48 bits per heavy atom. The molecular formula is C15H14F2N2O2. The minimum absolute atomic E-state index is 0.263. The topological polar surface area (TPSA) is 50.4 Å². The normalized spacial score (nSPS) is 11.6. The van der Waals surface area contributed by atoms with Gasteiger partial charge in [0.05, 0.1) is 5.69 Å². The number of carbonyl (C=O) groups excluding carboxylic acids is 1.